The van der Waals surface area contributed by atoms with E-state index < -0.39 is 5.63 Å². The van der Waals surface area contributed by atoms with Crippen molar-refractivity contribution in [3.05, 3.63) is 105 Å². The smallest absolute Gasteiger partial charge is 0.343 e. The molecule has 30 heavy (non-hydrogen) atoms. The fraction of sp³-hybridized carbons (Fsp3) is 0.192. The minimum Gasteiger partial charge on any atom is -0.497 e. The summed E-state index contributed by atoms with van der Waals surface area (Å²) >= 11 is 0. The Balaban J connectivity index is 1.78. The molecule has 0 bridgehead atoms. The molecule has 4 heteroatoms. The highest BCUT2D eigenvalue weighted by molar-refractivity contribution is 5.85. The van der Waals surface area contributed by atoms with Crippen molar-refractivity contribution in [2.45, 2.75) is 26.9 Å². The maximum absolute atomic E-state index is 12.9. The van der Waals surface area contributed by atoms with E-state index in [0.717, 1.165) is 16.5 Å². The second-order valence-electron chi connectivity index (χ2n) is 7.50. The Hall–Kier alpha value is -3.53. The van der Waals surface area contributed by atoms with Gasteiger partial charge >= 0.3 is 5.63 Å². The Morgan fingerprint density at radius 1 is 0.833 bits per heavy atom. The zero-order valence-electron chi connectivity index (χ0n) is 17.4. The van der Waals surface area contributed by atoms with Crippen LogP contribution in [0.4, 0.5) is 0 Å². The zero-order chi connectivity index (χ0) is 21.1. The van der Waals surface area contributed by atoms with Crippen LogP contribution in [0.15, 0.2) is 75.9 Å². The van der Waals surface area contributed by atoms with E-state index >= 15 is 0 Å². The molecule has 0 spiro atoms. The summed E-state index contributed by atoms with van der Waals surface area (Å²) in [5.74, 6) is 1.19. The summed E-state index contributed by atoms with van der Waals surface area (Å²) in [5, 5.41) is 0.754. The third-order valence-corrected chi connectivity index (χ3v) is 5.16. The van der Waals surface area contributed by atoms with Gasteiger partial charge in [-0.05, 0) is 37.1 Å². The molecular weight excluding hydrogens is 376 g/mol. The maximum Gasteiger partial charge on any atom is 0.343 e. The van der Waals surface area contributed by atoms with Crippen LogP contribution in [0.3, 0.4) is 0 Å². The quantitative estimate of drug-likeness (QED) is 0.396. The van der Waals surface area contributed by atoms with Crippen LogP contribution < -0.4 is 15.1 Å². The molecule has 0 aliphatic carbocycles. The van der Waals surface area contributed by atoms with Crippen molar-refractivity contribution in [3.63, 3.8) is 0 Å². The second kappa shape index (κ2) is 8.46. The summed E-state index contributed by atoms with van der Waals surface area (Å²) < 4.78 is 17.1. The SMILES string of the molecule is COc1ccc2c(OCc3ccc(C)cc3)c(Cc3ccc(C)cc3)c(=O)oc2c1. The van der Waals surface area contributed by atoms with E-state index in [1.54, 1.807) is 13.2 Å². The van der Waals surface area contributed by atoms with Gasteiger partial charge in [0.05, 0.1) is 18.1 Å². The van der Waals surface area contributed by atoms with Gasteiger partial charge < -0.3 is 13.9 Å². The normalized spacial score (nSPS) is 10.9. The molecule has 3 aromatic carbocycles. The number of hydrogen-bond donors (Lipinski definition) is 0. The van der Waals surface area contributed by atoms with E-state index in [0.29, 0.717) is 35.7 Å². The van der Waals surface area contributed by atoms with E-state index in [9.17, 15) is 4.79 Å². The average Bonchev–Trinajstić information content (AvgIpc) is 2.75. The van der Waals surface area contributed by atoms with Gasteiger partial charge in [-0.1, -0.05) is 59.7 Å². The van der Waals surface area contributed by atoms with Crippen LogP contribution in [0.25, 0.3) is 11.0 Å². The number of benzene rings is 3. The van der Waals surface area contributed by atoms with Gasteiger partial charge in [-0.25, -0.2) is 4.79 Å². The molecule has 4 aromatic rings. The predicted molar refractivity (Wildman–Crippen MR) is 119 cm³/mol. The van der Waals surface area contributed by atoms with Gasteiger partial charge in [0.1, 0.15) is 23.7 Å². The minimum absolute atomic E-state index is 0.367. The van der Waals surface area contributed by atoms with Crippen LogP contribution in [0.1, 0.15) is 27.8 Å². The highest BCUT2D eigenvalue weighted by atomic mass is 16.5. The van der Waals surface area contributed by atoms with E-state index in [4.69, 9.17) is 13.9 Å². The monoisotopic (exact) mass is 400 g/mol. The maximum atomic E-state index is 12.9. The van der Waals surface area contributed by atoms with Crippen molar-refractivity contribution in [2.24, 2.45) is 0 Å². The lowest BCUT2D eigenvalue weighted by molar-refractivity contribution is 0.304. The van der Waals surface area contributed by atoms with E-state index in [2.05, 4.69) is 0 Å². The van der Waals surface area contributed by atoms with Crippen molar-refractivity contribution >= 4 is 11.0 Å². The molecule has 0 saturated carbocycles. The van der Waals surface area contributed by atoms with Crippen molar-refractivity contribution in [2.75, 3.05) is 7.11 Å². The summed E-state index contributed by atoms with van der Waals surface area (Å²) in [6.45, 7) is 4.46. The van der Waals surface area contributed by atoms with Gasteiger partial charge in [-0.15, -0.1) is 0 Å². The molecule has 0 unspecified atom stereocenters. The number of fused-ring (bicyclic) bond motifs is 1. The van der Waals surface area contributed by atoms with Crippen LogP contribution in [-0.4, -0.2) is 7.11 Å². The topological polar surface area (TPSA) is 48.7 Å². The van der Waals surface area contributed by atoms with Crippen molar-refractivity contribution in [3.8, 4) is 11.5 Å². The molecule has 0 radical (unpaired) electrons. The third-order valence-electron chi connectivity index (χ3n) is 5.16. The van der Waals surface area contributed by atoms with Gasteiger partial charge in [0.15, 0.2) is 0 Å². The Labute approximate surface area is 175 Å². The molecule has 1 aromatic heterocycles. The van der Waals surface area contributed by atoms with Gasteiger partial charge in [-0.3, -0.25) is 0 Å². The average molecular weight is 400 g/mol. The first kappa shape index (κ1) is 19.8. The zero-order valence-corrected chi connectivity index (χ0v) is 17.4. The van der Waals surface area contributed by atoms with Crippen LogP contribution in [0.2, 0.25) is 0 Å². The number of hydrogen-bond acceptors (Lipinski definition) is 4. The summed E-state index contributed by atoms with van der Waals surface area (Å²) in [7, 11) is 1.58. The van der Waals surface area contributed by atoms with Crippen LogP contribution in [0.5, 0.6) is 11.5 Å². The number of aryl methyl sites for hydroxylation is 2. The number of ether oxygens (including phenoxy) is 2. The summed E-state index contributed by atoms with van der Waals surface area (Å²) in [6, 6.07) is 21.7. The predicted octanol–water partition coefficient (Wildman–Crippen LogP) is 5.59. The first-order chi connectivity index (χ1) is 14.5. The van der Waals surface area contributed by atoms with E-state index in [1.807, 2.05) is 74.5 Å². The molecule has 0 fully saturated rings. The molecule has 0 amide bonds. The molecular formula is C26H24O4. The summed E-state index contributed by atoms with van der Waals surface area (Å²) in [4.78, 5) is 12.9. The highest BCUT2D eigenvalue weighted by Gasteiger charge is 2.17. The van der Waals surface area contributed by atoms with Crippen molar-refractivity contribution in [1.29, 1.82) is 0 Å². The lowest BCUT2D eigenvalue weighted by atomic mass is 10.0. The fourth-order valence-electron chi connectivity index (χ4n) is 3.39. The van der Waals surface area contributed by atoms with Gasteiger partial charge in [0, 0.05) is 12.5 Å². The molecule has 0 saturated heterocycles. The molecule has 1 heterocycles. The summed E-state index contributed by atoms with van der Waals surface area (Å²) in [6.07, 6.45) is 0.438. The van der Waals surface area contributed by atoms with Crippen molar-refractivity contribution in [1.82, 2.24) is 0 Å². The molecule has 4 nitrogen and oxygen atoms in total. The molecule has 4 rings (SSSR count). The fourth-order valence-corrected chi connectivity index (χ4v) is 3.39. The Morgan fingerprint density at radius 3 is 2.10 bits per heavy atom. The highest BCUT2D eigenvalue weighted by Crippen LogP contribution is 2.32. The standard InChI is InChI=1S/C26H24O4/c1-17-4-8-19(9-5-17)14-23-25(29-16-20-10-6-18(2)7-11-20)22-13-12-21(28-3)15-24(22)30-26(23)27/h4-13,15H,14,16H2,1-3H3. The third kappa shape index (κ3) is 4.23. The van der Waals surface area contributed by atoms with Crippen LogP contribution in [-0.2, 0) is 13.0 Å². The Bertz CT molecular complexity index is 1220. The molecule has 0 aliphatic rings. The molecule has 0 N–H and O–H groups in total. The Morgan fingerprint density at radius 2 is 1.47 bits per heavy atom. The molecule has 152 valence electrons. The van der Waals surface area contributed by atoms with Gasteiger partial charge in [-0.2, -0.15) is 0 Å². The lowest BCUT2D eigenvalue weighted by Gasteiger charge is -2.14. The molecule has 0 aliphatic heterocycles. The summed E-state index contributed by atoms with van der Waals surface area (Å²) in [5.41, 5.74) is 5.01. The number of methoxy groups -OCH3 is 1. The minimum atomic E-state index is -0.393. The van der Waals surface area contributed by atoms with Gasteiger partial charge in [0.25, 0.3) is 0 Å². The first-order valence-corrected chi connectivity index (χ1v) is 9.91. The van der Waals surface area contributed by atoms with Crippen molar-refractivity contribution < 1.29 is 13.9 Å². The number of rotatable bonds is 6. The van der Waals surface area contributed by atoms with Crippen LogP contribution in [0, 0.1) is 13.8 Å². The lowest BCUT2D eigenvalue weighted by Crippen LogP contribution is -2.12. The van der Waals surface area contributed by atoms with E-state index in [-0.39, 0.29) is 0 Å². The Kier molecular flexibility index (Phi) is 5.57. The van der Waals surface area contributed by atoms with E-state index in [1.165, 1.54) is 11.1 Å². The van der Waals surface area contributed by atoms with Crippen LogP contribution >= 0.6 is 0 Å². The first-order valence-electron chi connectivity index (χ1n) is 9.91. The largest absolute Gasteiger partial charge is 0.497 e. The molecule has 0 atom stereocenters. The second-order valence-corrected chi connectivity index (χ2v) is 7.50. The van der Waals surface area contributed by atoms with Gasteiger partial charge in [0.2, 0.25) is 0 Å².